The summed E-state index contributed by atoms with van der Waals surface area (Å²) >= 11 is 0. The first-order chi connectivity index (χ1) is 8.67. The molecule has 8 heteroatoms. The van der Waals surface area contributed by atoms with Gasteiger partial charge < -0.3 is 10.1 Å². The summed E-state index contributed by atoms with van der Waals surface area (Å²) in [7, 11) is 0. The van der Waals surface area contributed by atoms with Gasteiger partial charge in [-0.15, -0.1) is 10.1 Å². The Balaban J connectivity index is 0.000000711. The molecule has 108 valence electrons. The van der Waals surface area contributed by atoms with Gasteiger partial charge in [0, 0.05) is 12.2 Å². The number of alkyl halides is 3. The average molecular weight is 280 g/mol. The van der Waals surface area contributed by atoms with Crippen LogP contribution in [0.5, 0.6) is 0 Å². The Bertz CT molecular complexity index is 406. The fraction of sp³-hybridized carbons (Fsp3) is 0.455. The summed E-state index contributed by atoms with van der Waals surface area (Å²) in [5, 5.41) is 13.6. The normalized spacial score (nSPS) is 10.4. The molecule has 0 aliphatic rings. The summed E-state index contributed by atoms with van der Waals surface area (Å²) in [6.45, 7) is 2.99. The fourth-order valence-corrected chi connectivity index (χ4v) is 1.50. The molecule has 0 spiro atoms. The van der Waals surface area contributed by atoms with E-state index in [1.165, 1.54) is 4.90 Å². The van der Waals surface area contributed by atoms with E-state index >= 15 is 0 Å². The molecule has 0 fully saturated rings. The van der Waals surface area contributed by atoms with E-state index in [9.17, 15) is 13.2 Å². The van der Waals surface area contributed by atoms with Crippen LogP contribution in [0.1, 0.15) is 12.5 Å². The Hall–Kier alpha value is -1.99. The van der Waals surface area contributed by atoms with Crippen LogP contribution in [0.4, 0.5) is 18.9 Å². The van der Waals surface area contributed by atoms with E-state index in [4.69, 9.17) is 15.3 Å². The van der Waals surface area contributed by atoms with Crippen LogP contribution in [0.25, 0.3) is 0 Å². The molecule has 1 aromatic carbocycles. The Morgan fingerprint density at radius 2 is 1.84 bits per heavy atom. The zero-order chi connectivity index (χ0) is 15.1. The number of para-hydroxylation sites is 1. The minimum Gasteiger partial charge on any atom is -0.363 e. The van der Waals surface area contributed by atoms with Crippen LogP contribution < -0.4 is 4.90 Å². The van der Waals surface area contributed by atoms with Crippen molar-refractivity contribution in [3.05, 3.63) is 39.9 Å². The number of hydrogen-bond acceptors (Lipinski definition) is 3. The quantitative estimate of drug-likeness (QED) is 0.682. The van der Waals surface area contributed by atoms with E-state index in [1.807, 2.05) is 19.1 Å². The van der Waals surface area contributed by atoms with Gasteiger partial charge in [-0.3, -0.25) is 0 Å². The SMILES string of the molecule is CCN(CC(F)(F)F)c1ccccc1C.O=[N+]([O-])O. The Morgan fingerprint density at radius 3 is 2.21 bits per heavy atom. The van der Waals surface area contributed by atoms with Crippen molar-refractivity contribution in [1.82, 2.24) is 0 Å². The zero-order valence-corrected chi connectivity index (χ0v) is 10.5. The molecule has 1 rings (SSSR count). The lowest BCUT2D eigenvalue weighted by atomic mass is 10.2. The van der Waals surface area contributed by atoms with Gasteiger partial charge in [-0.2, -0.15) is 13.2 Å². The van der Waals surface area contributed by atoms with E-state index in [2.05, 4.69) is 0 Å². The van der Waals surface area contributed by atoms with Gasteiger partial charge in [0.2, 0.25) is 0 Å². The second-order valence-corrected chi connectivity index (χ2v) is 3.65. The smallest absolute Gasteiger partial charge is 0.363 e. The molecular formula is C11H15F3N2O3. The molecule has 0 radical (unpaired) electrons. The average Bonchev–Trinajstić information content (AvgIpc) is 2.25. The highest BCUT2D eigenvalue weighted by Gasteiger charge is 2.30. The highest BCUT2D eigenvalue weighted by atomic mass is 19.4. The summed E-state index contributed by atoms with van der Waals surface area (Å²) < 4.78 is 36.8. The molecule has 5 nitrogen and oxygen atoms in total. The molecule has 0 atom stereocenters. The molecule has 1 N–H and O–H groups in total. The summed E-state index contributed by atoms with van der Waals surface area (Å²) in [4.78, 5) is 9.69. The number of hydrogen-bond donors (Lipinski definition) is 1. The first-order valence-corrected chi connectivity index (χ1v) is 5.38. The Labute approximate surface area is 108 Å². The van der Waals surface area contributed by atoms with Gasteiger partial charge in [0.1, 0.15) is 6.54 Å². The van der Waals surface area contributed by atoms with Crippen LogP contribution in [0, 0.1) is 17.0 Å². The van der Waals surface area contributed by atoms with Gasteiger partial charge in [-0.25, -0.2) is 0 Å². The predicted octanol–water partition coefficient (Wildman–Crippen LogP) is 3.04. The van der Waals surface area contributed by atoms with E-state index in [0.29, 0.717) is 12.2 Å². The number of aryl methyl sites for hydroxylation is 1. The maximum Gasteiger partial charge on any atom is 0.405 e. The molecule has 0 aliphatic heterocycles. The predicted molar refractivity (Wildman–Crippen MR) is 63.9 cm³/mol. The topological polar surface area (TPSA) is 66.6 Å². The molecule has 0 saturated heterocycles. The van der Waals surface area contributed by atoms with Crippen molar-refractivity contribution in [3.8, 4) is 0 Å². The fourth-order valence-electron chi connectivity index (χ4n) is 1.50. The van der Waals surface area contributed by atoms with Gasteiger partial charge in [-0.1, -0.05) is 18.2 Å². The highest BCUT2D eigenvalue weighted by molar-refractivity contribution is 5.52. The summed E-state index contributed by atoms with van der Waals surface area (Å²) in [5.41, 5.74) is 1.51. The minimum absolute atomic E-state index is 0.352. The first kappa shape index (κ1) is 17.0. The number of benzene rings is 1. The second-order valence-electron chi connectivity index (χ2n) is 3.65. The Morgan fingerprint density at radius 1 is 1.37 bits per heavy atom. The summed E-state index contributed by atoms with van der Waals surface area (Å²) in [6, 6.07) is 7.10. The Kier molecular flexibility index (Phi) is 6.67. The molecule has 0 aliphatic carbocycles. The number of nitrogens with zero attached hydrogens (tertiary/aromatic N) is 2. The lowest BCUT2D eigenvalue weighted by Crippen LogP contribution is -2.34. The van der Waals surface area contributed by atoms with E-state index in [0.717, 1.165) is 5.56 Å². The van der Waals surface area contributed by atoms with Crippen molar-refractivity contribution in [2.24, 2.45) is 0 Å². The molecule has 0 unspecified atom stereocenters. The second kappa shape index (κ2) is 7.45. The molecular weight excluding hydrogens is 265 g/mol. The zero-order valence-electron chi connectivity index (χ0n) is 10.5. The van der Waals surface area contributed by atoms with Crippen molar-refractivity contribution in [2.75, 3.05) is 18.0 Å². The number of anilines is 1. The van der Waals surface area contributed by atoms with Crippen LogP contribution >= 0.6 is 0 Å². The van der Waals surface area contributed by atoms with Crippen molar-refractivity contribution in [1.29, 1.82) is 0 Å². The third kappa shape index (κ3) is 7.85. The lowest BCUT2D eigenvalue weighted by molar-refractivity contribution is -0.742. The first-order valence-electron chi connectivity index (χ1n) is 5.38. The molecule has 0 saturated carbocycles. The van der Waals surface area contributed by atoms with E-state index in [1.54, 1.807) is 19.1 Å². The van der Waals surface area contributed by atoms with Crippen LogP contribution in [0.15, 0.2) is 24.3 Å². The van der Waals surface area contributed by atoms with Crippen molar-refractivity contribution >= 4 is 5.69 Å². The van der Waals surface area contributed by atoms with Crippen LogP contribution in [-0.4, -0.2) is 29.6 Å². The molecule has 0 aromatic heterocycles. The number of halogens is 3. The molecule has 19 heavy (non-hydrogen) atoms. The third-order valence-corrected chi connectivity index (χ3v) is 2.21. The van der Waals surface area contributed by atoms with Crippen molar-refractivity contribution < 1.29 is 23.5 Å². The molecule has 0 bridgehead atoms. The number of rotatable bonds is 3. The van der Waals surface area contributed by atoms with Crippen LogP contribution in [-0.2, 0) is 0 Å². The highest BCUT2D eigenvalue weighted by Crippen LogP contribution is 2.24. The lowest BCUT2D eigenvalue weighted by Gasteiger charge is -2.25. The summed E-state index contributed by atoms with van der Waals surface area (Å²) in [6.07, 6.45) is -4.15. The van der Waals surface area contributed by atoms with Crippen molar-refractivity contribution in [3.63, 3.8) is 0 Å². The van der Waals surface area contributed by atoms with Gasteiger partial charge in [0.25, 0.3) is 5.09 Å². The molecule has 0 heterocycles. The third-order valence-electron chi connectivity index (χ3n) is 2.21. The standard InChI is InChI=1S/C11H14F3N.HNO3/c1-3-15(8-11(12,13)14)10-7-5-4-6-9(10)2;2-1(3)4/h4-7H,3,8H2,1-2H3;(H,2,3,4). The summed E-state index contributed by atoms with van der Waals surface area (Å²) in [5.74, 6) is 0. The van der Waals surface area contributed by atoms with Crippen LogP contribution in [0.2, 0.25) is 0 Å². The van der Waals surface area contributed by atoms with E-state index < -0.39 is 17.8 Å². The van der Waals surface area contributed by atoms with Crippen LogP contribution in [0.3, 0.4) is 0 Å². The molecule has 1 aromatic rings. The monoisotopic (exact) mass is 280 g/mol. The minimum atomic E-state index is -4.15. The van der Waals surface area contributed by atoms with Gasteiger partial charge in [-0.05, 0) is 25.5 Å². The van der Waals surface area contributed by atoms with Gasteiger partial charge in [0.15, 0.2) is 0 Å². The maximum atomic E-state index is 12.3. The molecule has 0 amide bonds. The van der Waals surface area contributed by atoms with Crippen molar-refractivity contribution in [2.45, 2.75) is 20.0 Å². The maximum absolute atomic E-state index is 12.3. The van der Waals surface area contributed by atoms with E-state index in [-0.39, 0.29) is 0 Å². The van der Waals surface area contributed by atoms with Gasteiger partial charge in [0.05, 0.1) is 0 Å². The largest absolute Gasteiger partial charge is 0.405 e. The van der Waals surface area contributed by atoms with Gasteiger partial charge >= 0.3 is 6.18 Å².